The highest BCUT2D eigenvalue weighted by atomic mass is 35.5. The normalized spacial score (nSPS) is 10.6. The van der Waals surface area contributed by atoms with E-state index in [2.05, 4.69) is 10.3 Å². The van der Waals surface area contributed by atoms with Crippen LogP contribution < -0.4 is 10.9 Å². The van der Waals surface area contributed by atoms with Crippen LogP contribution in [-0.4, -0.2) is 15.5 Å². The highest BCUT2D eigenvalue weighted by Crippen LogP contribution is 2.22. The number of rotatable bonds is 4. The van der Waals surface area contributed by atoms with Crippen LogP contribution in [0.1, 0.15) is 17.4 Å². The molecule has 6 nitrogen and oxygen atoms in total. The Balaban J connectivity index is 1.85. The Hall–Kier alpha value is -2.69. The summed E-state index contributed by atoms with van der Waals surface area (Å²) in [7, 11) is 0. The molecule has 1 aromatic carbocycles. The minimum absolute atomic E-state index is 0.198. The van der Waals surface area contributed by atoms with Crippen LogP contribution in [0.3, 0.4) is 0 Å². The summed E-state index contributed by atoms with van der Waals surface area (Å²) in [6.45, 7) is 1.81. The molecule has 0 unspecified atom stereocenters. The van der Waals surface area contributed by atoms with Crippen molar-refractivity contribution in [1.82, 2.24) is 9.55 Å². The molecule has 0 saturated heterocycles. The van der Waals surface area contributed by atoms with E-state index >= 15 is 0 Å². The fraction of sp³-hybridized carbons (Fsp3) is 0.176. The summed E-state index contributed by atoms with van der Waals surface area (Å²) >= 11 is 7.37. The number of halogens is 1. The summed E-state index contributed by atoms with van der Waals surface area (Å²) in [6, 6.07) is 8.39. The van der Waals surface area contributed by atoms with Gasteiger partial charge in [-0.2, -0.15) is 5.26 Å². The van der Waals surface area contributed by atoms with Gasteiger partial charge in [-0.3, -0.25) is 14.2 Å². The van der Waals surface area contributed by atoms with Gasteiger partial charge in [0.1, 0.15) is 17.4 Å². The standard InChI is InChI=1S/C17H13ClN4O2S/c1-2-12-6-13-16(25-12)20-9-22(17(13)24)8-15(23)21-14-5-11(18)4-3-10(14)7-19/h3-6,9H,2,8H2,1H3,(H,21,23). The topological polar surface area (TPSA) is 87.8 Å². The zero-order chi connectivity index (χ0) is 18.0. The van der Waals surface area contributed by atoms with Gasteiger partial charge in [-0.25, -0.2) is 4.98 Å². The zero-order valence-corrected chi connectivity index (χ0v) is 14.8. The number of nitriles is 1. The van der Waals surface area contributed by atoms with Crippen molar-refractivity contribution in [2.24, 2.45) is 0 Å². The first kappa shape index (κ1) is 17.1. The van der Waals surface area contributed by atoms with Crippen molar-refractivity contribution in [3.63, 3.8) is 0 Å². The van der Waals surface area contributed by atoms with Crippen molar-refractivity contribution >= 4 is 44.7 Å². The summed E-state index contributed by atoms with van der Waals surface area (Å²) in [4.78, 5) is 30.7. The quantitative estimate of drug-likeness (QED) is 0.761. The smallest absolute Gasteiger partial charge is 0.262 e. The third kappa shape index (κ3) is 3.55. The molecule has 0 spiro atoms. The highest BCUT2D eigenvalue weighted by Gasteiger charge is 2.12. The van der Waals surface area contributed by atoms with Crippen molar-refractivity contribution in [2.75, 3.05) is 5.32 Å². The first-order chi connectivity index (χ1) is 12.0. The molecule has 25 heavy (non-hydrogen) atoms. The molecule has 0 saturated carbocycles. The zero-order valence-electron chi connectivity index (χ0n) is 13.2. The number of thiophene rings is 1. The molecule has 0 aliphatic carbocycles. The number of nitrogens with zero attached hydrogens (tertiary/aromatic N) is 3. The van der Waals surface area contributed by atoms with Gasteiger partial charge in [-0.1, -0.05) is 18.5 Å². The number of hydrogen-bond acceptors (Lipinski definition) is 5. The molecule has 1 amide bonds. The number of aryl methyl sites for hydroxylation is 1. The molecular formula is C17H13ClN4O2S. The van der Waals surface area contributed by atoms with Crippen LogP contribution in [-0.2, 0) is 17.8 Å². The van der Waals surface area contributed by atoms with Crippen LogP contribution in [0.4, 0.5) is 5.69 Å². The minimum Gasteiger partial charge on any atom is -0.323 e. The SMILES string of the molecule is CCc1cc2c(=O)n(CC(=O)Nc3cc(Cl)ccc3C#N)cnc2s1. The molecule has 2 aromatic heterocycles. The molecule has 126 valence electrons. The molecule has 3 rings (SSSR count). The van der Waals surface area contributed by atoms with Crippen molar-refractivity contribution in [1.29, 1.82) is 5.26 Å². The Labute approximate surface area is 152 Å². The van der Waals surface area contributed by atoms with Crippen molar-refractivity contribution in [3.8, 4) is 6.07 Å². The third-order valence-electron chi connectivity index (χ3n) is 3.61. The molecule has 8 heteroatoms. The number of anilines is 1. The molecule has 0 bridgehead atoms. The van der Waals surface area contributed by atoms with E-state index in [1.165, 1.54) is 34.4 Å². The maximum atomic E-state index is 12.5. The Bertz CT molecular complexity index is 1060. The van der Waals surface area contributed by atoms with E-state index < -0.39 is 5.91 Å². The van der Waals surface area contributed by atoms with Gasteiger partial charge in [-0.05, 0) is 30.7 Å². The van der Waals surface area contributed by atoms with Gasteiger partial charge < -0.3 is 5.32 Å². The van der Waals surface area contributed by atoms with Crippen molar-refractivity contribution in [3.05, 3.63) is 56.4 Å². The lowest BCUT2D eigenvalue weighted by Crippen LogP contribution is -2.27. The second-order valence-corrected chi connectivity index (χ2v) is 6.86. The number of carbonyl (C=O) groups is 1. The second-order valence-electron chi connectivity index (χ2n) is 5.31. The number of aromatic nitrogens is 2. The summed E-state index contributed by atoms with van der Waals surface area (Å²) in [5, 5.41) is 12.6. The Kier molecular flexibility index (Phi) is 4.83. The molecule has 0 fully saturated rings. The van der Waals surface area contributed by atoms with E-state index in [9.17, 15) is 9.59 Å². The number of hydrogen-bond donors (Lipinski definition) is 1. The molecule has 0 aliphatic rings. The fourth-order valence-electron chi connectivity index (χ4n) is 2.36. The average Bonchev–Trinajstić information content (AvgIpc) is 3.02. The number of benzene rings is 1. The van der Waals surface area contributed by atoms with E-state index in [0.717, 1.165) is 11.3 Å². The molecule has 3 aromatic rings. The predicted molar refractivity (Wildman–Crippen MR) is 98.1 cm³/mol. The molecule has 0 radical (unpaired) electrons. The molecule has 0 atom stereocenters. The molecule has 2 heterocycles. The number of nitrogens with one attached hydrogen (secondary N) is 1. The van der Waals surface area contributed by atoms with Gasteiger partial charge in [0, 0.05) is 9.90 Å². The Morgan fingerprint density at radius 3 is 2.96 bits per heavy atom. The first-order valence-corrected chi connectivity index (χ1v) is 8.68. The number of fused-ring (bicyclic) bond motifs is 1. The monoisotopic (exact) mass is 372 g/mol. The van der Waals surface area contributed by atoms with E-state index in [0.29, 0.717) is 26.5 Å². The average molecular weight is 373 g/mol. The first-order valence-electron chi connectivity index (χ1n) is 7.49. The fourth-order valence-corrected chi connectivity index (χ4v) is 3.46. The number of carbonyl (C=O) groups excluding carboxylic acids is 1. The lowest BCUT2D eigenvalue weighted by molar-refractivity contribution is -0.116. The number of amides is 1. The Morgan fingerprint density at radius 2 is 2.24 bits per heavy atom. The van der Waals surface area contributed by atoms with E-state index in [-0.39, 0.29) is 12.1 Å². The Morgan fingerprint density at radius 1 is 1.44 bits per heavy atom. The molecule has 1 N–H and O–H groups in total. The van der Waals surface area contributed by atoms with Crippen molar-refractivity contribution < 1.29 is 4.79 Å². The third-order valence-corrected chi connectivity index (χ3v) is 5.03. The van der Waals surface area contributed by atoms with E-state index in [1.807, 2.05) is 19.1 Å². The van der Waals surface area contributed by atoms with Gasteiger partial charge >= 0.3 is 0 Å². The van der Waals surface area contributed by atoms with Crippen LogP contribution in [0.2, 0.25) is 5.02 Å². The highest BCUT2D eigenvalue weighted by molar-refractivity contribution is 7.18. The molecular weight excluding hydrogens is 360 g/mol. The van der Waals surface area contributed by atoms with E-state index in [1.54, 1.807) is 6.07 Å². The van der Waals surface area contributed by atoms with Gasteiger partial charge in [0.15, 0.2) is 0 Å². The van der Waals surface area contributed by atoms with Crippen LogP contribution >= 0.6 is 22.9 Å². The lowest BCUT2D eigenvalue weighted by Gasteiger charge is -2.09. The summed E-state index contributed by atoms with van der Waals surface area (Å²) in [5.41, 5.74) is 0.345. The van der Waals surface area contributed by atoms with Crippen molar-refractivity contribution in [2.45, 2.75) is 19.9 Å². The molecule has 0 aliphatic heterocycles. The van der Waals surface area contributed by atoms with Crippen LogP contribution in [0.15, 0.2) is 35.4 Å². The van der Waals surface area contributed by atoms with Crippen LogP contribution in [0.25, 0.3) is 10.2 Å². The lowest BCUT2D eigenvalue weighted by atomic mass is 10.2. The van der Waals surface area contributed by atoms with Gasteiger partial charge in [0.25, 0.3) is 5.56 Å². The van der Waals surface area contributed by atoms with E-state index in [4.69, 9.17) is 16.9 Å². The predicted octanol–water partition coefficient (Wildman–Crippen LogP) is 3.18. The largest absolute Gasteiger partial charge is 0.323 e. The van der Waals surface area contributed by atoms with Gasteiger partial charge in [-0.15, -0.1) is 11.3 Å². The van der Waals surface area contributed by atoms with Crippen LogP contribution in [0, 0.1) is 11.3 Å². The van der Waals surface area contributed by atoms with Gasteiger partial charge in [0.2, 0.25) is 5.91 Å². The summed E-state index contributed by atoms with van der Waals surface area (Å²) in [6.07, 6.45) is 2.19. The maximum absolute atomic E-state index is 12.5. The summed E-state index contributed by atoms with van der Waals surface area (Å²) < 4.78 is 1.25. The second kappa shape index (κ2) is 7.05. The summed E-state index contributed by atoms with van der Waals surface area (Å²) in [5.74, 6) is -0.437. The van der Waals surface area contributed by atoms with Crippen LogP contribution in [0.5, 0.6) is 0 Å². The maximum Gasteiger partial charge on any atom is 0.262 e. The minimum atomic E-state index is -0.437. The van der Waals surface area contributed by atoms with Gasteiger partial charge in [0.05, 0.1) is 23.0 Å².